The molecule has 0 heterocycles. The first-order valence-electron chi connectivity index (χ1n) is 0.478. The van der Waals surface area contributed by atoms with E-state index in [2.05, 4.69) is 0 Å². The van der Waals surface area contributed by atoms with Crippen LogP contribution in [-0.2, 0) is 0 Å². The Kier molecular flexibility index (Phi) is 10.7. The summed E-state index contributed by atoms with van der Waals surface area (Å²) in [6, 6.07) is 0. The average Bonchev–Trinajstić information content (AvgIpc) is 0.811. The maximum atomic E-state index is 8.52. The molecule has 0 aromatic heterocycles. The predicted molar refractivity (Wildman–Crippen MR) is 2.22 cm³/mol. The topological polar surface area (TPSA) is 66.3 Å². The molecule has 5 heavy (non-hydrogen) atoms. The zero-order valence-corrected chi connectivity index (χ0v) is 7.01. The molecule has 0 aliphatic rings. The largest absolute Gasteiger partial charge is 0.321 e. The second-order valence-corrected chi connectivity index (χ2v) is 0.603. The third kappa shape index (κ3) is 30.0. The van der Waals surface area contributed by atoms with Gasteiger partial charge in [-0.1, -0.05) is 0 Å². The van der Waals surface area contributed by atoms with Gasteiger partial charge in [-0.05, 0) is 0 Å². The van der Waals surface area contributed by atoms with Crippen LogP contribution >= 0.6 is 0 Å². The molecule has 0 saturated carbocycles. The minimum absolute atomic E-state index is 0. The van der Waals surface area contributed by atoms with E-state index in [0.717, 1.165) is 0 Å². The van der Waals surface area contributed by atoms with Crippen molar-refractivity contribution in [2.24, 2.45) is 0 Å². The van der Waals surface area contributed by atoms with Gasteiger partial charge in [-0.25, -0.2) is 0 Å². The fraction of sp³-hybridized carbons (Fsp3) is 0. The van der Waals surface area contributed by atoms with Crippen LogP contribution < -0.4 is 9.32 Å². The van der Waals surface area contributed by atoms with E-state index in [1.165, 1.54) is 0 Å². The molecule has 0 fully saturated rings. The summed E-state index contributed by atoms with van der Waals surface area (Å²) in [5.74, 6) is 0. The van der Waals surface area contributed by atoms with Crippen LogP contribution in [0.4, 0.5) is 0 Å². The quantitative estimate of drug-likeness (QED) is 0.520. The summed E-state index contributed by atoms with van der Waals surface area (Å²) < 4.78 is 24.0. The van der Waals surface area contributed by atoms with Gasteiger partial charge in [0.05, 0.1) is 0 Å². The van der Waals surface area contributed by atoms with E-state index in [4.69, 9.17) is 14.0 Å². The Bertz CT molecular complexity index is 11.6. The van der Waals surface area contributed by atoms with Crippen molar-refractivity contribution in [3.05, 3.63) is 0 Å². The fourth-order valence-electron chi connectivity index (χ4n) is 0. The van der Waals surface area contributed by atoms with Gasteiger partial charge in [0, 0.05) is 44.6 Å². The van der Waals surface area contributed by atoms with E-state index in [9.17, 15) is 0 Å². The van der Waals surface area contributed by atoms with Gasteiger partial charge in [-0.2, -0.15) is 0 Å². The minimum Gasteiger partial charge on any atom is -0.321 e. The molecule has 0 atom stereocenters. The molecule has 0 saturated heterocycles. The molecule has 30 valence electrons. The summed E-state index contributed by atoms with van der Waals surface area (Å²) in [6.07, 6.45) is 0. The molecule has 0 aromatic carbocycles. The summed E-state index contributed by atoms with van der Waals surface area (Å²) in [7, 11) is -2.60. The first-order valence-corrected chi connectivity index (χ1v) is 1.43. The van der Waals surface area contributed by atoms with Gasteiger partial charge < -0.3 is 9.32 Å². The third-order valence-corrected chi connectivity index (χ3v) is 0. The van der Waals surface area contributed by atoms with Crippen LogP contribution in [0.15, 0.2) is 0 Å². The fourth-order valence-corrected chi connectivity index (χ4v) is 0. The zero-order valence-electron chi connectivity index (χ0n) is 2.14. The molecule has 1 N–H and O–H groups in total. The zero-order chi connectivity index (χ0) is 3.58. The van der Waals surface area contributed by atoms with Crippen molar-refractivity contribution >= 4 is 0 Å². The van der Waals surface area contributed by atoms with Crippen molar-refractivity contribution in [1.29, 1.82) is 0 Å². The predicted octanol–water partition coefficient (Wildman–Crippen LogP) is -2.94. The van der Waals surface area contributed by atoms with Gasteiger partial charge in [0.2, 0.25) is 0 Å². The van der Waals surface area contributed by atoms with Crippen molar-refractivity contribution in [3.63, 3.8) is 0 Å². The Morgan fingerprint density at radius 3 is 1.40 bits per heavy atom. The molecule has 0 rings (SSSR count). The summed E-state index contributed by atoms with van der Waals surface area (Å²) >= 11 is 0. The average molecular weight is 316 g/mol. The van der Waals surface area contributed by atoms with E-state index >= 15 is 0 Å². The SMILES string of the molecule is [O-][Cl+2]([O-])O.[Th]. The normalized spacial score (nSPS) is 7.20. The van der Waals surface area contributed by atoms with Crippen molar-refractivity contribution in [2.45, 2.75) is 0 Å². The minimum atomic E-state index is -2.60. The van der Waals surface area contributed by atoms with Crippen LogP contribution in [0.1, 0.15) is 0 Å². The Labute approximate surface area is 64.1 Å². The molecule has 0 radical (unpaired) electrons. The van der Waals surface area contributed by atoms with E-state index in [1.54, 1.807) is 0 Å². The number of hydrogen-bond donors (Lipinski definition) is 1. The Balaban J connectivity index is 0. The van der Waals surface area contributed by atoms with Crippen LogP contribution in [0, 0.1) is 50.7 Å². The molecular formula is HClO3Th. The third-order valence-electron chi connectivity index (χ3n) is 0. The monoisotopic (exact) mass is 316 g/mol. The van der Waals surface area contributed by atoms with E-state index in [-0.39, 0.29) is 39.9 Å². The summed E-state index contributed by atoms with van der Waals surface area (Å²) in [4.78, 5) is 0. The van der Waals surface area contributed by atoms with Gasteiger partial charge in [0.1, 0.15) is 0 Å². The second-order valence-electron chi connectivity index (χ2n) is 0.201. The van der Waals surface area contributed by atoms with E-state index in [1.807, 2.05) is 0 Å². The van der Waals surface area contributed by atoms with Crippen LogP contribution in [-0.4, -0.2) is 4.66 Å². The first-order chi connectivity index (χ1) is 1.73. The van der Waals surface area contributed by atoms with E-state index < -0.39 is 10.8 Å². The van der Waals surface area contributed by atoms with E-state index in [0.29, 0.717) is 0 Å². The van der Waals surface area contributed by atoms with Crippen molar-refractivity contribution in [2.75, 3.05) is 0 Å². The van der Waals surface area contributed by atoms with Crippen molar-refractivity contribution in [1.82, 2.24) is 0 Å². The maximum absolute atomic E-state index is 8.52. The number of halogens is 1. The molecular weight excluding hydrogens is 315 g/mol. The first kappa shape index (κ1) is 9.71. The summed E-state index contributed by atoms with van der Waals surface area (Å²) in [6.45, 7) is 0. The standard InChI is InChI=1S/ClHO3.Th/c2-1(3)4;/h2H;. The molecule has 0 bridgehead atoms. The van der Waals surface area contributed by atoms with Crippen LogP contribution in [0.25, 0.3) is 0 Å². The molecule has 0 aromatic rings. The Hall–Kier alpha value is 1.49. The molecule has 0 spiro atoms. The number of hydrogen-bond acceptors (Lipinski definition) is 3. The summed E-state index contributed by atoms with van der Waals surface area (Å²) in [5, 5.41) is 0. The Morgan fingerprint density at radius 2 is 1.40 bits per heavy atom. The molecule has 5 heteroatoms. The van der Waals surface area contributed by atoms with Gasteiger partial charge in [-0.15, -0.1) is 0 Å². The van der Waals surface area contributed by atoms with Gasteiger partial charge >= 0.3 is 0 Å². The van der Waals surface area contributed by atoms with Crippen LogP contribution in [0.2, 0.25) is 0 Å². The smallest absolute Gasteiger partial charge is 0.282 e. The number of rotatable bonds is 0. The molecule has 3 nitrogen and oxygen atoms in total. The maximum Gasteiger partial charge on any atom is 0.282 e. The van der Waals surface area contributed by atoms with Gasteiger partial charge in [0.15, 0.2) is 0 Å². The molecule has 0 aliphatic heterocycles. The van der Waals surface area contributed by atoms with Crippen LogP contribution in [0.3, 0.4) is 0 Å². The molecule has 0 aliphatic carbocycles. The molecule has 0 amide bonds. The second kappa shape index (κ2) is 5.49. The van der Waals surface area contributed by atoms with Gasteiger partial charge in [-0.3, -0.25) is 0 Å². The summed E-state index contributed by atoms with van der Waals surface area (Å²) in [5.41, 5.74) is 0. The Morgan fingerprint density at radius 1 is 1.40 bits per heavy atom. The van der Waals surface area contributed by atoms with Gasteiger partial charge in [0.25, 0.3) is 10.8 Å². The molecule has 0 unspecified atom stereocenters. The van der Waals surface area contributed by atoms with Crippen molar-refractivity contribution < 1.29 is 64.7 Å². The van der Waals surface area contributed by atoms with Crippen molar-refractivity contribution in [3.8, 4) is 0 Å². The van der Waals surface area contributed by atoms with Crippen LogP contribution in [0.5, 0.6) is 0 Å².